The summed E-state index contributed by atoms with van der Waals surface area (Å²) in [6.07, 6.45) is 1.49. The van der Waals surface area contributed by atoms with Gasteiger partial charge in [-0.3, -0.25) is 9.59 Å². The van der Waals surface area contributed by atoms with Crippen LogP contribution in [0, 0.1) is 6.92 Å². The fourth-order valence-corrected chi connectivity index (χ4v) is 5.05. The monoisotopic (exact) mass is 474 g/mol. The first-order chi connectivity index (χ1) is 15.9. The second kappa shape index (κ2) is 9.97. The van der Waals surface area contributed by atoms with Crippen LogP contribution < -0.4 is 11.1 Å². The van der Waals surface area contributed by atoms with Gasteiger partial charge >= 0.3 is 0 Å². The summed E-state index contributed by atoms with van der Waals surface area (Å²) in [4.78, 5) is 33.7. The van der Waals surface area contributed by atoms with E-state index in [0.29, 0.717) is 21.2 Å². The molecule has 3 N–H and O–H groups in total. The molecule has 166 valence electrons. The third-order valence-corrected chi connectivity index (χ3v) is 6.94. The van der Waals surface area contributed by atoms with E-state index in [4.69, 9.17) is 5.73 Å². The number of amides is 2. The maximum atomic E-state index is 12.9. The summed E-state index contributed by atoms with van der Waals surface area (Å²) in [5, 5.41) is 5.40. The van der Waals surface area contributed by atoms with E-state index < -0.39 is 11.2 Å². The molecule has 0 radical (unpaired) electrons. The van der Waals surface area contributed by atoms with Gasteiger partial charge < -0.3 is 11.1 Å². The van der Waals surface area contributed by atoms with E-state index in [1.807, 2.05) is 73.0 Å². The zero-order chi connectivity index (χ0) is 23.4. The van der Waals surface area contributed by atoms with Gasteiger partial charge in [0.05, 0.1) is 16.5 Å². The molecular formula is C25H22N4O2S2. The SMILES string of the molecule is Cc1ccc(-c2csc(NC(=O)C(C)Sc3cc(-c4ccccc4)ncn3)c2C(N)=O)cc1. The van der Waals surface area contributed by atoms with E-state index in [2.05, 4.69) is 15.3 Å². The van der Waals surface area contributed by atoms with Gasteiger partial charge in [-0.15, -0.1) is 11.3 Å². The van der Waals surface area contributed by atoms with Gasteiger partial charge in [-0.1, -0.05) is 71.9 Å². The molecule has 0 bridgehead atoms. The van der Waals surface area contributed by atoms with E-state index in [9.17, 15) is 9.59 Å². The zero-order valence-electron chi connectivity index (χ0n) is 18.1. The van der Waals surface area contributed by atoms with Crippen molar-refractivity contribution in [1.82, 2.24) is 9.97 Å². The van der Waals surface area contributed by atoms with Crippen LogP contribution in [0.1, 0.15) is 22.8 Å². The minimum absolute atomic E-state index is 0.236. The number of thioether (sulfide) groups is 1. The van der Waals surface area contributed by atoms with Crippen molar-refractivity contribution in [2.45, 2.75) is 24.1 Å². The Kier molecular flexibility index (Phi) is 6.86. The number of anilines is 1. The predicted octanol–water partition coefficient (Wildman–Crippen LogP) is 5.40. The summed E-state index contributed by atoms with van der Waals surface area (Å²) in [6, 6.07) is 19.5. The van der Waals surface area contributed by atoms with Crippen LogP contribution in [0.5, 0.6) is 0 Å². The van der Waals surface area contributed by atoms with E-state index in [1.54, 1.807) is 6.92 Å². The van der Waals surface area contributed by atoms with E-state index in [-0.39, 0.29) is 5.91 Å². The minimum Gasteiger partial charge on any atom is -0.365 e. The topological polar surface area (TPSA) is 98.0 Å². The molecule has 0 fully saturated rings. The lowest BCUT2D eigenvalue weighted by atomic mass is 10.0. The molecule has 33 heavy (non-hydrogen) atoms. The maximum Gasteiger partial charge on any atom is 0.252 e. The average molecular weight is 475 g/mol. The lowest BCUT2D eigenvalue weighted by Gasteiger charge is -2.12. The van der Waals surface area contributed by atoms with E-state index in [1.165, 1.54) is 29.4 Å². The highest BCUT2D eigenvalue weighted by atomic mass is 32.2. The summed E-state index contributed by atoms with van der Waals surface area (Å²) in [6.45, 7) is 3.79. The standard InChI is InChI=1S/C25H22N4O2S2/c1-15-8-10-17(11-9-15)19-13-32-25(22(19)23(26)30)29-24(31)16(2)33-21-12-20(27-14-28-21)18-6-4-3-5-7-18/h3-14,16H,1-2H3,(H2,26,30)(H,29,31). The quantitative estimate of drug-likeness (QED) is 0.276. The van der Waals surface area contributed by atoms with Crippen molar-refractivity contribution < 1.29 is 9.59 Å². The molecule has 0 spiro atoms. The molecule has 2 amide bonds. The third kappa shape index (κ3) is 5.30. The Morgan fingerprint density at radius 3 is 2.45 bits per heavy atom. The highest BCUT2D eigenvalue weighted by molar-refractivity contribution is 8.00. The van der Waals surface area contributed by atoms with Crippen molar-refractivity contribution in [2.24, 2.45) is 5.73 Å². The Morgan fingerprint density at radius 2 is 1.76 bits per heavy atom. The van der Waals surface area contributed by atoms with E-state index in [0.717, 1.165) is 22.4 Å². The normalized spacial score (nSPS) is 11.7. The van der Waals surface area contributed by atoms with Gasteiger partial charge in [0, 0.05) is 16.5 Å². The van der Waals surface area contributed by atoms with Crippen molar-refractivity contribution in [3.63, 3.8) is 0 Å². The second-order valence-corrected chi connectivity index (χ2v) is 9.68. The molecule has 2 aromatic carbocycles. The number of aromatic nitrogens is 2. The highest BCUT2D eigenvalue weighted by Gasteiger charge is 2.22. The average Bonchev–Trinajstić information content (AvgIpc) is 3.24. The summed E-state index contributed by atoms with van der Waals surface area (Å²) >= 11 is 2.61. The Morgan fingerprint density at radius 1 is 1.03 bits per heavy atom. The van der Waals surface area contributed by atoms with Crippen molar-refractivity contribution in [3.8, 4) is 22.4 Å². The lowest BCUT2D eigenvalue weighted by molar-refractivity contribution is -0.115. The van der Waals surface area contributed by atoms with Gasteiger partial charge in [-0.05, 0) is 25.5 Å². The van der Waals surface area contributed by atoms with Gasteiger partial charge in [0.25, 0.3) is 5.91 Å². The number of rotatable bonds is 7. The van der Waals surface area contributed by atoms with Crippen LogP contribution in [0.2, 0.25) is 0 Å². The van der Waals surface area contributed by atoms with Gasteiger partial charge in [0.2, 0.25) is 5.91 Å². The summed E-state index contributed by atoms with van der Waals surface area (Å²) in [5.41, 5.74) is 10.5. The minimum atomic E-state index is -0.578. The van der Waals surface area contributed by atoms with Crippen LogP contribution >= 0.6 is 23.1 Å². The first kappa shape index (κ1) is 22.7. The smallest absolute Gasteiger partial charge is 0.252 e. The van der Waals surface area contributed by atoms with Gasteiger partial charge in [-0.25, -0.2) is 9.97 Å². The first-order valence-electron chi connectivity index (χ1n) is 10.3. The van der Waals surface area contributed by atoms with Crippen LogP contribution in [0.3, 0.4) is 0 Å². The summed E-state index contributed by atoms with van der Waals surface area (Å²) < 4.78 is 0. The molecule has 8 heteroatoms. The second-order valence-electron chi connectivity index (χ2n) is 7.44. The van der Waals surface area contributed by atoms with Crippen LogP contribution in [-0.2, 0) is 4.79 Å². The molecule has 2 aromatic heterocycles. The number of hydrogen-bond acceptors (Lipinski definition) is 6. The molecule has 0 aliphatic rings. The molecule has 0 saturated carbocycles. The molecule has 1 atom stereocenters. The number of nitrogens with one attached hydrogen (secondary N) is 1. The number of carbonyl (C=O) groups is 2. The summed E-state index contributed by atoms with van der Waals surface area (Å²) in [7, 11) is 0. The van der Waals surface area contributed by atoms with Crippen LogP contribution in [0.25, 0.3) is 22.4 Å². The van der Waals surface area contributed by atoms with Crippen LogP contribution in [0.15, 0.2) is 77.4 Å². The molecule has 1 unspecified atom stereocenters. The van der Waals surface area contributed by atoms with Crippen molar-refractivity contribution in [3.05, 3.63) is 83.5 Å². The summed E-state index contributed by atoms with van der Waals surface area (Å²) in [5.74, 6) is -0.814. The largest absolute Gasteiger partial charge is 0.365 e. The molecule has 0 saturated heterocycles. The number of thiophene rings is 1. The maximum absolute atomic E-state index is 12.9. The van der Waals surface area contributed by atoms with Crippen molar-refractivity contribution >= 4 is 39.9 Å². The molecule has 2 heterocycles. The molecular weight excluding hydrogens is 452 g/mol. The van der Waals surface area contributed by atoms with Gasteiger partial charge in [0.1, 0.15) is 16.4 Å². The number of nitrogens with zero attached hydrogens (tertiary/aromatic N) is 2. The van der Waals surface area contributed by atoms with Gasteiger partial charge in [0.15, 0.2) is 0 Å². The lowest BCUT2D eigenvalue weighted by Crippen LogP contribution is -2.24. The van der Waals surface area contributed by atoms with Crippen LogP contribution in [-0.4, -0.2) is 27.0 Å². The number of benzene rings is 2. The predicted molar refractivity (Wildman–Crippen MR) is 134 cm³/mol. The highest BCUT2D eigenvalue weighted by Crippen LogP contribution is 2.36. The molecule has 0 aliphatic carbocycles. The van der Waals surface area contributed by atoms with Crippen molar-refractivity contribution in [1.29, 1.82) is 0 Å². The Bertz CT molecular complexity index is 1290. The molecule has 6 nitrogen and oxygen atoms in total. The Labute approximate surface area is 200 Å². The zero-order valence-corrected chi connectivity index (χ0v) is 19.7. The van der Waals surface area contributed by atoms with Gasteiger partial charge in [-0.2, -0.15) is 0 Å². The number of aryl methyl sites for hydroxylation is 1. The fourth-order valence-electron chi connectivity index (χ4n) is 3.26. The number of hydrogen-bond donors (Lipinski definition) is 2. The molecule has 4 aromatic rings. The Balaban J connectivity index is 1.51. The molecule has 0 aliphatic heterocycles. The number of carbonyl (C=O) groups excluding carboxylic acids is 2. The molecule has 4 rings (SSSR count). The van der Waals surface area contributed by atoms with Crippen LogP contribution in [0.4, 0.5) is 5.00 Å². The number of nitrogens with two attached hydrogens (primary N) is 1. The first-order valence-corrected chi connectivity index (χ1v) is 12.0. The number of primary amides is 1. The Hall–Kier alpha value is -3.49. The fraction of sp³-hybridized carbons (Fsp3) is 0.120. The van der Waals surface area contributed by atoms with E-state index >= 15 is 0 Å². The van der Waals surface area contributed by atoms with Crippen molar-refractivity contribution in [2.75, 3.05) is 5.32 Å². The third-order valence-electron chi connectivity index (χ3n) is 5.02.